The molecular formula is C15H27NO. The van der Waals surface area contributed by atoms with E-state index in [1.165, 1.54) is 19.4 Å². The van der Waals surface area contributed by atoms with Crippen LogP contribution in [0.15, 0.2) is 0 Å². The number of hydrogen-bond donors (Lipinski definition) is 0. The van der Waals surface area contributed by atoms with Crippen LogP contribution in [0.25, 0.3) is 0 Å². The number of nitrogens with zero attached hydrogens (tertiary/aromatic N) is 1. The Bertz CT molecular complexity index is 276. The quantitative estimate of drug-likeness (QED) is 0.732. The van der Waals surface area contributed by atoms with E-state index in [1.54, 1.807) is 0 Å². The lowest BCUT2D eigenvalue weighted by Crippen LogP contribution is -2.35. The summed E-state index contributed by atoms with van der Waals surface area (Å²) in [5.41, 5.74) is 0. The molecule has 17 heavy (non-hydrogen) atoms. The van der Waals surface area contributed by atoms with Gasteiger partial charge in [0.05, 0.1) is 0 Å². The van der Waals surface area contributed by atoms with Crippen LogP contribution in [0.3, 0.4) is 0 Å². The molecule has 2 heteroatoms. The van der Waals surface area contributed by atoms with Crippen molar-refractivity contribution in [2.45, 2.75) is 46.0 Å². The molecule has 2 fully saturated rings. The van der Waals surface area contributed by atoms with Crippen molar-refractivity contribution in [1.29, 1.82) is 0 Å². The molecule has 4 unspecified atom stereocenters. The Balaban J connectivity index is 1.77. The van der Waals surface area contributed by atoms with E-state index in [2.05, 4.69) is 25.8 Å². The highest BCUT2D eigenvalue weighted by Gasteiger charge is 2.34. The van der Waals surface area contributed by atoms with Crippen LogP contribution in [0.1, 0.15) is 46.0 Å². The standard InChI is InChI=1S/C15H27NO/c1-4-12-5-6-15(17)14(8-12)10-16(3)9-13-7-11(13)2/h11-14H,4-10H2,1-3H3. The summed E-state index contributed by atoms with van der Waals surface area (Å²) in [6, 6.07) is 0. The van der Waals surface area contributed by atoms with E-state index in [4.69, 9.17) is 0 Å². The summed E-state index contributed by atoms with van der Waals surface area (Å²) in [6.45, 7) is 6.78. The van der Waals surface area contributed by atoms with Crippen LogP contribution in [0.5, 0.6) is 0 Å². The lowest BCUT2D eigenvalue weighted by molar-refractivity contribution is -0.126. The van der Waals surface area contributed by atoms with Crippen molar-refractivity contribution in [3.63, 3.8) is 0 Å². The van der Waals surface area contributed by atoms with Gasteiger partial charge in [-0.05, 0) is 44.1 Å². The number of ketones is 1. The molecule has 0 radical (unpaired) electrons. The van der Waals surface area contributed by atoms with E-state index in [0.29, 0.717) is 11.7 Å². The maximum atomic E-state index is 11.9. The molecule has 0 aromatic heterocycles. The largest absolute Gasteiger partial charge is 0.305 e. The Morgan fingerprint density at radius 2 is 2.00 bits per heavy atom. The van der Waals surface area contributed by atoms with Crippen LogP contribution in [-0.4, -0.2) is 30.8 Å². The van der Waals surface area contributed by atoms with Gasteiger partial charge in [-0.25, -0.2) is 0 Å². The summed E-state index contributed by atoms with van der Waals surface area (Å²) in [7, 11) is 2.19. The van der Waals surface area contributed by atoms with Gasteiger partial charge in [-0.2, -0.15) is 0 Å². The zero-order valence-corrected chi connectivity index (χ0v) is 11.6. The molecule has 2 rings (SSSR count). The summed E-state index contributed by atoms with van der Waals surface area (Å²) in [6.07, 6.45) is 5.74. The van der Waals surface area contributed by atoms with E-state index < -0.39 is 0 Å². The maximum absolute atomic E-state index is 11.9. The van der Waals surface area contributed by atoms with Gasteiger partial charge in [0.1, 0.15) is 5.78 Å². The SMILES string of the molecule is CCC1CCC(=O)C(CN(C)CC2CC2C)C1. The second kappa shape index (κ2) is 5.51. The van der Waals surface area contributed by atoms with Crippen LogP contribution in [0.4, 0.5) is 0 Å². The molecule has 0 aromatic carbocycles. The van der Waals surface area contributed by atoms with Gasteiger partial charge in [-0.1, -0.05) is 20.3 Å². The van der Waals surface area contributed by atoms with Gasteiger partial charge in [-0.3, -0.25) is 4.79 Å². The lowest BCUT2D eigenvalue weighted by Gasteiger charge is -2.30. The van der Waals surface area contributed by atoms with Crippen molar-refractivity contribution in [3.05, 3.63) is 0 Å². The summed E-state index contributed by atoms with van der Waals surface area (Å²) in [5.74, 6) is 3.47. The van der Waals surface area contributed by atoms with Gasteiger partial charge in [0.25, 0.3) is 0 Å². The van der Waals surface area contributed by atoms with Crippen molar-refractivity contribution >= 4 is 5.78 Å². The van der Waals surface area contributed by atoms with Gasteiger partial charge in [0.2, 0.25) is 0 Å². The molecule has 0 bridgehead atoms. The fourth-order valence-corrected chi connectivity index (χ4v) is 3.25. The molecule has 0 saturated heterocycles. The van der Waals surface area contributed by atoms with Crippen molar-refractivity contribution in [2.75, 3.05) is 20.1 Å². The Morgan fingerprint density at radius 3 is 2.59 bits per heavy atom. The van der Waals surface area contributed by atoms with Crippen LogP contribution < -0.4 is 0 Å². The number of carbonyl (C=O) groups is 1. The zero-order valence-electron chi connectivity index (χ0n) is 11.6. The normalized spacial score (nSPS) is 37.5. The molecule has 0 spiro atoms. The molecule has 4 atom stereocenters. The van der Waals surface area contributed by atoms with Gasteiger partial charge >= 0.3 is 0 Å². The Labute approximate surface area is 106 Å². The first-order valence-electron chi connectivity index (χ1n) is 7.31. The van der Waals surface area contributed by atoms with E-state index in [0.717, 1.165) is 43.6 Å². The van der Waals surface area contributed by atoms with Crippen LogP contribution >= 0.6 is 0 Å². The summed E-state index contributed by atoms with van der Waals surface area (Å²) >= 11 is 0. The third-order valence-corrected chi connectivity index (χ3v) is 4.80. The summed E-state index contributed by atoms with van der Waals surface area (Å²) < 4.78 is 0. The van der Waals surface area contributed by atoms with E-state index in [9.17, 15) is 4.79 Å². The predicted octanol–water partition coefficient (Wildman–Crippen LogP) is 2.97. The minimum atomic E-state index is 0.327. The van der Waals surface area contributed by atoms with Gasteiger partial charge in [0.15, 0.2) is 0 Å². The topological polar surface area (TPSA) is 20.3 Å². The molecule has 98 valence electrons. The Hall–Kier alpha value is -0.370. The monoisotopic (exact) mass is 237 g/mol. The first kappa shape index (κ1) is 13.1. The highest BCUT2D eigenvalue weighted by molar-refractivity contribution is 5.81. The fraction of sp³-hybridized carbons (Fsp3) is 0.933. The smallest absolute Gasteiger partial charge is 0.137 e. The van der Waals surface area contributed by atoms with Crippen LogP contribution in [0, 0.1) is 23.7 Å². The second-order valence-electron chi connectivity index (χ2n) is 6.41. The molecule has 2 aliphatic carbocycles. The molecule has 0 aromatic rings. The van der Waals surface area contributed by atoms with Crippen molar-refractivity contribution in [1.82, 2.24) is 4.90 Å². The third-order valence-electron chi connectivity index (χ3n) is 4.80. The zero-order chi connectivity index (χ0) is 12.4. The van der Waals surface area contributed by atoms with Crippen molar-refractivity contribution in [2.24, 2.45) is 23.7 Å². The first-order valence-corrected chi connectivity index (χ1v) is 7.31. The van der Waals surface area contributed by atoms with Gasteiger partial charge in [-0.15, -0.1) is 0 Å². The summed E-state index contributed by atoms with van der Waals surface area (Å²) in [4.78, 5) is 14.3. The highest BCUT2D eigenvalue weighted by Crippen LogP contribution is 2.38. The van der Waals surface area contributed by atoms with Crippen LogP contribution in [0.2, 0.25) is 0 Å². The molecule has 2 saturated carbocycles. The van der Waals surface area contributed by atoms with Crippen molar-refractivity contribution in [3.8, 4) is 0 Å². The summed E-state index contributed by atoms with van der Waals surface area (Å²) in [5, 5.41) is 0. The number of Topliss-reactive ketones (excluding diaryl/α,β-unsaturated/α-hetero) is 1. The van der Waals surface area contributed by atoms with Gasteiger partial charge < -0.3 is 4.90 Å². The van der Waals surface area contributed by atoms with Crippen molar-refractivity contribution < 1.29 is 4.79 Å². The van der Waals surface area contributed by atoms with E-state index in [1.807, 2.05) is 0 Å². The highest BCUT2D eigenvalue weighted by atomic mass is 16.1. The minimum absolute atomic E-state index is 0.327. The predicted molar refractivity (Wildman–Crippen MR) is 70.9 cm³/mol. The second-order valence-corrected chi connectivity index (χ2v) is 6.41. The number of rotatable bonds is 5. The number of carbonyl (C=O) groups excluding carboxylic acids is 1. The Morgan fingerprint density at radius 1 is 1.29 bits per heavy atom. The molecule has 2 aliphatic rings. The maximum Gasteiger partial charge on any atom is 0.137 e. The lowest BCUT2D eigenvalue weighted by atomic mass is 9.79. The minimum Gasteiger partial charge on any atom is -0.305 e. The molecule has 2 nitrogen and oxygen atoms in total. The van der Waals surface area contributed by atoms with E-state index >= 15 is 0 Å². The fourth-order valence-electron chi connectivity index (χ4n) is 3.25. The third kappa shape index (κ3) is 3.54. The first-order chi connectivity index (χ1) is 8.10. The molecule has 0 heterocycles. The average molecular weight is 237 g/mol. The number of hydrogen-bond acceptors (Lipinski definition) is 2. The molecule has 0 aliphatic heterocycles. The van der Waals surface area contributed by atoms with Crippen LogP contribution in [-0.2, 0) is 4.79 Å². The molecular weight excluding hydrogens is 210 g/mol. The molecule has 0 amide bonds. The average Bonchev–Trinajstić information content (AvgIpc) is 2.97. The molecule has 0 N–H and O–H groups in total. The van der Waals surface area contributed by atoms with Gasteiger partial charge in [0, 0.05) is 25.4 Å². The van der Waals surface area contributed by atoms with E-state index in [-0.39, 0.29) is 0 Å². The Kier molecular flexibility index (Phi) is 4.24.